The second-order valence-electron chi connectivity index (χ2n) is 2.56. The highest BCUT2D eigenvalue weighted by Crippen LogP contribution is 2.33. The van der Waals surface area contributed by atoms with Crippen molar-refractivity contribution < 1.29 is 27.8 Å². The number of hydrogen-bond acceptors (Lipinski definition) is 2. The summed E-state index contributed by atoms with van der Waals surface area (Å²) in [6.45, 7) is 0. The van der Waals surface area contributed by atoms with Gasteiger partial charge in [0.1, 0.15) is 18.0 Å². The van der Waals surface area contributed by atoms with Gasteiger partial charge in [-0.25, -0.2) is 4.39 Å². The number of hydrogen-bond donors (Lipinski definition) is 2. The number of halogens is 4. The van der Waals surface area contributed by atoms with Crippen LogP contribution in [0.2, 0.25) is 0 Å². The molecule has 1 aliphatic rings. The van der Waals surface area contributed by atoms with Crippen LogP contribution in [0.4, 0.5) is 17.6 Å². The maximum absolute atomic E-state index is 12.4. The summed E-state index contributed by atoms with van der Waals surface area (Å²) in [7, 11) is 0. The first-order chi connectivity index (χ1) is 5.84. The highest BCUT2D eigenvalue weighted by Gasteiger charge is 2.43. The van der Waals surface area contributed by atoms with Crippen molar-refractivity contribution in [2.75, 3.05) is 0 Å². The summed E-state index contributed by atoms with van der Waals surface area (Å²) in [5.74, 6) is -1.18. The van der Waals surface area contributed by atoms with Crippen LogP contribution in [0.25, 0.3) is 0 Å². The molecule has 1 aliphatic carbocycles. The van der Waals surface area contributed by atoms with Crippen LogP contribution in [-0.4, -0.2) is 28.6 Å². The van der Waals surface area contributed by atoms with E-state index < -0.39 is 29.8 Å². The maximum Gasteiger partial charge on any atom is 0.415 e. The van der Waals surface area contributed by atoms with Gasteiger partial charge in [0, 0.05) is 0 Å². The summed E-state index contributed by atoms with van der Waals surface area (Å²) in [4.78, 5) is 0. The summed E-state index contributed by atoms with van der Waals surface area (Å²) in [5, 5.41) is 17.6. The highest BCUT2D eigenvalue weighted by atomic mass is 19.4. The van der Waals surface area contributed by atoms with E-state index in [1.165, 1.54) is 0 Å². The van der Waals surface area contributed by atoms with E-state index in [1.54, 1.807) is 0 Å². The molecule has 0 aromatic heterocycles. The Morgan fingerprint density at radius 1 is 1.08 bits per heavy atom. The molecule has 0 saturated heterocycles. The number of rotatable bonds is 0. The van der Waals surface area contributed by atoms with Crippen LogP contribution in [0.1, 0.15) is 0 Å². The van der Waals surface area contributed by atoms with E-state index in [0.29, 0.717) is 12.2 Å². The van der Waals surface area contributed by atoms with Crippen molar-refractivity contribution in [3.05, 3.63) is 23.6 Å². The highest BCUT2D eigenvalue weighted by molar-refractivity contribution is 5.31. The zero-order valence-corrected chi connectivity index (χ0v) is 6.22. The first kappa shape index (κ1) is 10.2. The molecule has 1 rings (SSSR count). The summed E-state index contributed by atoms with van der Waals surface area (Å²) < 4.78 is 48.4. The Hall–Kier alpha value is -0.880. The van der Waals surface area contributed by atoms with Crippen molar-refractivity contribution >= 4 is 0 Å². The van der Waals surface area contributed by atoms with Crippen molar-refractivity contribution in [2.45, 2.75) is 18.4 Å². The zero-order chi connectivity index (χ0) is 10.2. The molecular weight excluding hydrogens is 192 g/mol. The van der Waals surface area contributed by atoms with E-state index in [0.717, 1.165) is 0 Å². The number of aliphatic hydroxyl groups is 2. The quantitative estimate of drug-likeness (QED) is 0.571. The third-order valence-corrected chi connectivity index (χ3v) is 1.65. The second-order valence-corrected chi connectivity index (χ2v) is 2.56. The van der Waals surface area contributed by atoms with Crippen LogP contribution in [0.3, 0.4) is 0 Å². The first-order valence-corrected chi connectivity index (χ1v) is 3.34. The van der Waals surface area contributed by atoms with Crippen molar-refractivity contribution in [1.82, 2.24) is 0 Å². The fraction of sp³-hybridized carbons (Fsp3) is 0.429. The number of alkyl halides is 3. The van der Waals surface area contributed by atoms with Gasteiger partial charge in [-0.2, -0.15) is 13.2 Å². The molecule has 13 heavy (non-hydrogen) atoms. The van der Waals surface area contributed by atoms with Crippen LogP contribution >= 0.6 is 0 Å². The molecule has 0 heterocycles. The van der Waals surface area contributed by atoms with Gasteiger partial charge in [-0.05, 0) is 12.2 Å². The van der Waals surface area contributed by atoms with Crippen LogP contribution in [0.15, 0.2) is 23.6 Å². The summed E-state index contributed by atoms with van der Waals surface area (Å²) in [6.07, 6.45) is -8.23. The lowest BCUT2D eigenvalue weighted by Gasteiger charge is -2.23. The predicted octanol–water partition coefficient (Wildman–Crippen LogP) is 1.06. The molecule has 0 aromatic rings. The monoisotopic (exact) mass is 198 g/mol. The van der Waals surface area contributed by atoms with Gasteiger partial charge < -0.3 is 10.2 Å². The smallest absolute Gasteiger partial charge is 0.385 e. The fourth-order valence-electron chi connectivity index (χ4n) is 0.950. The Balaban J connectivity index is 3.01. The lowest BCUT2D eigenvalue weighted by molar-refractivity contribution is -0.114. The topological polar surface area (TPSA) is 40.5 Å². The lowest BCUT2D eigenvalue weighted by atomic mass is 9.98. The van der Waals surface area contributed by atoms with E-state index >= 15 is 0 Å². The third kappa shape index (κ3) is 1.89. The van der Waals surface area contributed by atoms with Crippen LogP contribution in [0.5, 0.6) is 0 Å². The largest absolute Gasteiger partial charge is 0.415 e. The maximum atomic E-state index is 12.4. The molecule has 2 N–H and O–H groups in total. The van der Waals surface area contributed by atoms with Gasteiger partial charge in [-0.1, -0.05) is 0 Å². The Kier molecular flexibility index (Phi) is 2.44. The van der Waals surface area contributed by atoms with Crippen molar-refractivity contribution in [3.63, 3.8) is 0 Å². The molecule has 0 fully saturated rings. The summed E-state index contributed by atoms with van der Waals surface area (Å²) in [6, 6.07) is 0. The Bertz CT molecular complexity index is 266. The SMILES string of the molecule is OC1C(F)=CC=C(C(F)(F)F)C1O. The average molecular weight is 198 g/mol. The van der Waals surface area contributed by atoms with E-state index in [4.69, 9.17) is 10.2 Å². The molecule has 2 atom stereocenters. The number of allylic oxidation sites excluding steroid dienone is 2. The minimum atomic E-state index is -4.75. The zero-order valence-electron chi connectivity index (χ0n) is 6.22. The average Bonchev–Trinajstić information content (AvgIpc) is 1.98. The molecule has 0 aliphatic heterocycles. The molecular formula is C7H6F4O2. The predicted molar refractivity (Wildman–Crippen MR) is 35.3 cm³/mol. The minimum absolute atomic E-state index is 0.409. The van der Waals surface area contributed by atoms with Gasteiger partial charge in [-0.3, -0.25) is 0 Å². The lowest BCUT2D eigenvalue weighted by Crippen LogP contribution is -2.36. The van der Waals surface area contributed by atoms with Crippen LogP contribution < -0.4 is 0 Å². The molecule has 0 radical (unpaired) electrons. The molecule has 2 unspecified atom stereocenters. The standard InChI is InChI=1S/C7H6F4O2/c8-4-2-1-3(7(9,10)11)5(12)6(4)13/h1-2,5-6,12-13H. The number of aliphatic hydroxyl groups excluding tert-OH is 2. The van der Waals surface area contributed by atoms with Gasteiger partial charge in [0.15, 0.2) is 0 Å². The summed E-state index contributed by atoms with van der Waals surface area (Å²) >= 11 is 0. The van der Waals surface area contributed by atoms with Crippen LogP contribution in [-0.2, 0) is 0 Å². The van der Waals surface area contributed by atoms with E-state index in [9.17, 15) is 17.6 Å². The van der Waals surface area contributed by atoms with Gasteiger partial charge in [0.25, 0.3) is 0 Å². The molecule has 0 bridgehead atoms. The molecule has 0 amide bonds. The first-order valence-electron chi connectivity index (χ1n) is 3.34. The minimum Gasteiger partial charge on any atom is -0.385 e. The Labute approximate surface area is 70.8 Å². The van der Waals surface area contributed by atoms with Gasteiger partial charge in [0.2, 0.25) is 0 Å². The van der Waals surface area contributed by atoms with Crippen molar-refractivity contribution in [3.8, 4) is 0 Å². The normalized spacial score (nSPS) is 29.7. The van der Waals surface area contributed by atoms with E-state index in [2.05, 4.69) is 0 Å². The third-order valence-electron chi connectivity index (χ3n) is 1.65. The van der Waals surface area contributed by atoms with Crippen molar-refractivity contribution in [1.29, 1.82) is 0 Å². The molecule has 6 heteroatoms. The van der Waals surface area contributed by atoms with Gasteiger partial charge >= 0.3 is 6.18 Å². The van der Waals surface area contributed by atoms with Gasteiger partial charge in [0.05, 0.1) is 5.57 Å². The summed E-state index contributed by atoms with van der Waals surface area (Å²) in [5.41, 5.74) is -1.35. The molecule has 0 saturated carbocycles. The molecule has 0 aromatic carbocycles. The van der Waals surface area contributed by atoms with E-state index in [-0.39, 0.29) is 0 Å². The molecule has 74 valence electrons. The van der Waals surface area contributed by atoms with E-state index in [1.807, 2.05) is 0 Å². The Morgan fingerprint density at radius 3 is 2.08 bits per heavy atom. The Morgan fingerprint density at radius 2 is 1.62 bits per heavy atom. The van der Waals surface area contributed by atoms with Crippen molar-refractivity contribution in [2.24, 2.45) is 0 Å². The second kappa shape index (κ2) is 3.12. The van der Waals surface area contributed by atoms with Gasteiger partial charge in [-0.15, -0.1) is 0 Å². The molecule has 2 nitrogen and oxygen atoms in total. The molecule has 0 spiro atoms. The fourth-order valence-corrected chi connectivity index (χ4v) is 0.950. The van der Waals surface area contributed by atoms with Crippen LogP contribution in [0, 0.1) is 0 Å².